The third-order valence-electron chi connectivity index (χ3n) is 11.1. The Morgan fingerprint density at radius 2 is 1.91 bits per heavy atom. The van der Waals surface area contributed by atoms with E-state index in [-0.39, 0.29) is 34.7 Å². The molecule has 0 unspecified atom stereocenters. The number of aromatic nitrogens is 2. The molecule has 4 atom stereocenters. The summed E-state index contributed by atoms with van der Waals surface area (Å²) in [5, 5.41) is 11.4. The average Bonchev–Trinajstić information content (AvgIpc) is 3.37. The van der Waals surface area contributed by atoms with Crippen LogP contribution in [-0.2, 0) is 39.4 Å². The van der Waals surface area contributed by atoms with Gasteiger partial charge in [0.15, 0.2) is 11.0 Å². The van der Waals surface area contributed by atoms with Gasteiger partial charge in [-0.3, -0.25) is 9.79 Å². The highest BCUT2D eigenvalue weighted by Gasteiger charge is 2.61. The van der Waals surface area contributed by atoms with Crippen LogP contribution >= 0.6 is 21.6 Å². The predicted octanol–water partition coefficient (Wildman–Crippen LogP) is 5.78. The van der Waals surface area contributed by atoms with E-state index < -0.39 is 23.3 Å². The Kier molecular flexibility index (Phi) is 8.66. The van der Waals surface area contributed by atoms with Gasteiger partial charge in [0.2, 0.25) is 0 Å². The number of carbonyl (C=O) groups is 1. The predicted molar refractivity (Wildman–Crippen MR) is 213 cm³/mol. The average molecular weight is 781 g/mol. The van der Waals surface area contributed by atoms with Gasteiger partial charge in [-0.25, -0.2) is 14.8 Å². The van der Waals surface area contributed by atoms with E-state index in [9.17, 15) is 14.7 Å². The Morgan fingerprint density at radius 1 is 1.05 bits per heavy atom. The number of anilines is 2. The minimum Gasteiger partial charge on any atom is -0.507 e. The van der Waals surface area contributed by atoms with Gasteiger partial charge in [0, 0.05) is 77.7 Å². The standard InChI is InChI=1S/C40H40N6O7S2/c1-20-10-29(47)35-31(50-20)15-30-25(36(35)48)14-33-39(2,52-30)7-9-54-55-19-26-24(13-23(44-37(26)42)17-46-16-22-6-8-43-28(22)18-46)27-11-21(12-34(41)45-27)4-5-32-40(3,53-32)38(49)51-33/h6,8,10-13,15,18,32-33,48H,4-5,7,9,14,16-17,19H2,1-3H3,(H2,41,45)(H2,42,44)/t32-,33-,39+,40-/m1/s1. The van der Waals surface area contributed by atoms with E-state index in [1.807, 2.05) is 37.5 Å². The van der Waals surface area contributed by atoms with E-state index in [0.717, 1.165) is 34.6 Å². The van der Waals surface area contributed by atoms with Crippen molar-refractivity contribution in [3.8, 4) is 22.8 Å². The largest absolute Gasteiger partial charge is 0.507 e. The molecule has 8 heterocycles. The lowest BCUT2D eigenvalue weighted by Gasteiger charge is -2.42. The van der Waals surface area contributed by atoms with E-state index in [0.29, 0.717) is 71.7 Å². The van der Waals surface area contributed by atoms with E-state index in [4.69, 9.17) is 40.1 Å². The van der Waals surface area contributed by atoms with Gasteiger partial charge < -0.3 is 40.1 Å². The molecular weight excluding hydrogens is 741 g/mol. The number of phenolic OH excluding ortho intramolecular Hbond substituents is 1. The van der Waals surface area contributed by atoms with Crippen molar-refractivity contribution in [2.24, 2.45) is 4.99 Å². The molecule has 2 bridgehead atoms. The van der Waals surface area contributed by atoms with Crippen molar-refractivity contribution in [2.45, 2.75) is 82.2 Å². The number of fused-ring (bicyclic) bond motifs is 9. The van der Waals surface area contributed by atoms with Crippen molar-refractivity contribution in [1.82, 2.24) is 14.9 Å². The zero-order valence-electron chi connectivity index (χ0n) is 30.6. The first-order chi connectivity index (χ1) is 26.4. The molecule has 5 aliphatic rings. The topological polar surface area (TPSA) is 192 Å². The number of esters is 1. The molecule has 3 aromatic heterocycles. The van der Waals surface area contributed by atoms with Gasteiger partial charge in [0.25, 0.3) is 0 Å². The van der Waals surface area contributed by atoms with E-state index >= 15 is 0 Å². The third-order valence-corrected chi connectivity index (χ3v) is 13.4. The number of hydrogen-bond acceptors (Lipinski definition) is 15. The molecule has 0 amide bonds. The molecule has 0 radical (unpaired) electrons. The smallest absolute Gasteiger partial charge is 0.341 e. The van der Waals surface area contributed by atoms with Gasteiger partial charge in [-0.2, -0.15) is 0 Å². The molecule has 5 aliphatic heterocycles. The fourth-order valence-corrected chi connectivity index (χ4v) is 10.2. The number of pyridine rings is 2. The number of aromatic hydroxyl groups is 1. The van der Waals surface area contributed by atoms with Crippen LogP contribution in [0.4, 0.5) is 11.6 Å². The summed E-state index contributed by atoms with van der Waals surface area (Å²) in [6, 6.07) is 8.92. The summed E-state index contributed by atoms with van der Waals surface area (Å²) in [5.41, 5.74) is 17.6. The lowest BCUT2D eigenvalue weighted by atomic mass is 9.86. The minimum atomic E-state index is -1.16. The molecule has 13 nitrogen and oxygen atoms in total. The molecule has 0 aliphatic carbocycles. The molecule has 4 aromatic rings. The molecule has 0 spiro atoms. The zero-order valence-corrected chi connectivity index (χ0v) is 32.2. The summed E-state index contributed by atoms with van der Waals surface area (Å²) in [4.78, 5) is 43.0. The minimum absolute atomic E-state index is 0.0664. The van der Waals surface area contributed by atoms with E-state index in [2.05, 4.69) is 16.0 Å². The Balaban J connectivity index is 1.04. The maximum Gasteiger partial charge on any atom is 0.341 e. The second-order valence-electron chi connectivity index (χ2n) is 15.1. The third kappa shape index (κ3) is 6.51. The molecule has 5 N–H and O–H groups in total. The maximum absolute atomic E-state index is 13.9. The van der Waals surface area contributed by atoms with Crippen molar-refractivity contribution >= 4 is 56.4 Å². The quantitative estimate of drug-likeness (QED) is 0.126. The van der Waals surface area contributed by atoms with Crippen LogP contribution in [0.1, 0.15) is 54.8 Å². The molecule has 9 rings (SSSR count). The monoisotopic (exact) mass is 780 g/mol. The fourth-order valence-electron chi connectivity index (χ4n) is 7.92. The molecular formula is C40H40N6O7S2. The van der Waals surface area contributed by atoms with E-state index in [1.165, 1.54) is 11.6 Å². The second kappa shape index (κ2) is 13.3. The van der Waals surface area contributed by atoms with Crippen LogP contribution in [0.15, 0.2) is 68.1 Å². The van der Waals surface area contributed by atoms with Crippen LogP contribution in [0, 0.1) is 6.92 Å². The number of ether oxygens (including phenoxy) is 3. The highest BCUT2D eigenvalue weighted by molar-refractivity contribution is 8.76. The Hall–Kier alpha value is -4.99. The first kappa shape index (κ1) is 35.7. The highest BCUT2D eigenvalue weighted by Crippen LogP contribution is 2.47. The van der Waals surface area contributed by atoms with Crippen LogP contribution in [-0.4, -0.2) is 67.9 Å². The number of hydrogen-bond donors (Lipinski definition) is 3. The van der Waals surface area contributed by atoms with E-state index in [1.54, 1.807) is 41.5 Å². The summed E-state index contributed by atoms with van der Waals surface area (Å²) >= 11 is 0. The summed E-state index contributed by atoms with van der Waals surface area (Å²) < 4.78 is 24.7. The van der Waals surface area contributed by atoms with Gasteiger partial charge in [-0.1, -0.05) is 21.6 Å². The number of rotatable bonds is 2. The number of epoxide rings is 1. The SMILES string of the molecule is Cc1cc(=O)c2c(O)c3c(cc2o1)O[C@@]1(C)CCSSCc2c(cc(CN4C=C5N=CC=C5C4)nc2N)-c2cc(cc(N)n2)CC[C@H]2O[C@@]2(C)C(=O)O[C@@H]1C3. The first-order valence-corrected chi connectivity index (χ1v) is 20.7. The van der Waals surface area contributed by atoms with Crippen molar-refractivity contribution < 1.29 is 28.5 Å². The normalized spacial score (nSPS) is 25.9. The maximum atomic E-state index is 13.9. The number of aryl methyl sites for hydroxylation is 2. The van der Waals surface area contributed by atoms with Crippen molar-refractivity contribution in [3.05, 3.63) is 92.2 Å². The number of aliphatic imine (C=N–C) groups is 1. The Bertz CT molecular complexity index is 2450. The van der Waals surface area contributed by atoms with Gasteiger partial charge in [0.1, 0.15) is 51.6 Å². The lowest BCUT2D eigenvalue weighted by Crippen LogP contribution is -2.52. The molecule has 1 fully saturated rings. The molecule has 1 aromatic carbocycles. The van der Waals surface area contributed by atoms with Crippen molar-refractivity contribution in [1.29, 1.82) is 0 Å². The number of nitrogens with zero attached hydrogens (tertiary/aromatic N) is 4. The van der Waals surface area contributed by atoms with Crippen LogP contribution < -0.4 is 21.6 Å². The number of nitrogens with two attached hydrogens (primary N) is 2. The number of nitrogen functional groups attached to an aromatic ring is 2. The van der Waals surface area contributed by atoms with Gasteiger partial charge in [-0.05, 0) is 63.5 Å². The first-order valence-electron chi connectivity index (χ1n) is 18.2. The fraction of sp³-hybridized carbons (Fsp3) is 0.375. The molecule has 1 saturated heterocycles. The number of phenols is 1. The van der Waals surface area contributed by atoms with Gasteiger partial charge >= 0.3 is 5.97 Å². The Morgan fingerprint density at radius 3 is 2.75 bits per heavy atom. The van der Waals surface area contributed by atoms with Crippen LogP contribution in [0.3, 0.4) is 0 Å². The molecule has 55 heavy (non-hydrogen) atoms. The van der Waals surface area contributed by atoms with Crippen molar-refractivity contribution in [2.75, 3.05) is 23.8 Å². The number of carbonyl (C=O) groups excluding carboxylic acids is 1. The van der Waals surface area contributed by atoms with Crippen LogP contribution in [0.25, 0.3) is 22.2 Å². The number of benzene rings is 1. The molecule has 284 valence electrons. The zero-order chi connectivity index (χ0) is 38.2. The molecule has 0 saturated carbocycles. The summed E-state index contributed by atoms with van der Waals surface area (Å²) in [6.07, 6.45) is 6.49. The molecule has 15 heteroatoms. The Labute approximate surface area is 324 Å². The van der Waals surface area contributed by atoms with Crippen molar-refractivity contribution in [3.63, 3.8) is 0 Å². The van der Waals surface area contributed by atoms with Crippen LogP contribution in [0.5, 0.6) is 11.5 Å². The summed E-state index contributed by atoms with van der Waals surface area (Å²) in [6.45, 7) is 6.63. The summed E-state index contributed by atoms with van der Waals surface area (Å²) in [5.74, 6) is 2.06. The highest BCUT2D eigenvalue weighted by atomic mass is 33.1. The lowest BCUT2D eigenvalue weighted by molar-refractivity contribution is -0.168. The van der Waals surface area contributed by atoms with Crippen LogP contribution in [0.2, 0.25) is 0 Å². The number of allylic oxidation sites excluding steroid dienone is 1. The summed E-state index contributed by atoms with van der Waals surface area (Å²) in [7, 11) is 3.27. The van der Waals surface area contributed by atoms with Gasteiger partial charge in [-0.15, -0.1) is 0 Å². The second-order valence-corrected chi connectivity index (χ2v) is 17.7. The van der Waals surface area contributed by atoms with Gasteiger partial charge in [0.05, 0.1) is 29.7 Å².